The van der Waals surface area contributed by atoms with Gasteiger partial charge in [-0.3, -0.25) is 4.39 Å². The molecule has 6 saturated carbocycles. The fourth-order valence-corrected chi connectivity index (χ4v) is 9.23. The molecule has 0 aromatic carbocycles. The lowest BCUT2D eigenvalue weighted by atomic mass is 9.47. The summed E-state index contributed by atoms with van der Waals surface area (Å²) in [6.07, 6.45) is 2.22. The number of nitrogen functional groups attached to an aromatic ring is 2. The Bertz CT molecular complexity index is 2210. The summed E-state index contributed by atoms with van der Waals surface area (Å²) < 4.78 is 137. The monoisotopic (exact) mass is 969 g/mol. The summed E-state index contributed by atoms with van der Waals surface area (Å²) in [6, 6.07) is 1.89. The largest absolute Gasteiger partial charge is 0.496 e. The van der Waals surface area contributed by atoms with Crippen LogP contribution in [0.4, 0.5) is 51.1 Å². The van der Waals surface area contributed by atoms with Crippen LogP contribution in [0.25, 0.3) is 11.3 Å². The number of halogens is 10. The maximum absolute atomic E-state index is 13.8. The van der Waals surface area contributed by atoms with Crippen molar-refractivity contribution in [2.45, 2.75) is 139 Å². The number of aryl methyl sites for hydroxylation is 2. The van der Waals surface area contributed by atoms with Crippen LogP contribution in [-0.4, -0.2) is 65.9 Å². The topological polar surface area (TPSA) is 132 Å². The van der Waals surface area contributed by atoms with Crippen LogP contribution in [-0.2, 0) is 45.6 Å². The first-order valence-electron chi connectivity index (χ1n) is 19.9. The lowest BCUT2D eigenvalue weighted by Gasteiger charge is -2.66. The Morgan fingerprint density at radius 3 is 1.60 bits per heavy atom. The van der Waals surface area contributed by atoms with Gasteiger partial charge in [0.25, 0.3) is 0 Å². The molecule has 0 atom stereocenters. The van der Waals surface area contributed by atoms with E-state index in [0.29, 0.717) is 50.6 Å². The minimum Gasteiger partial charge on any atom is -0.399 e. The first kappa shape index (κ1) is 44.5. The quantitative estimate of drug-likeness (QED) is 0.111. The maximum Gasteiger partial charge on any atom is 0.496 e. The Morgan fingerprint density at radius 2 is 1.17 bits per heavy atom. The van der Waals surface area contributed by atoms with Crippen molar-refractivity contribution < 1.29 is 50.2 Å². The normalized spacial score (nSPS) is 27.9. The number of rotatable bonds is 6. The van der Waals surface area contributed by atoms with Crippen molar-refractivity contribution in [2.75, 3.05) is 18.6 Å². The van der Waals surface area contributed by atoms with Crippen molar-refractivity contribution in [1.82, 2.24) is 29.1 Å². The molecule has 0 spiro atoms. The van der Waals surface area contributed by atoms with Crippen LogP contribution in [0.2, 0.25) is 0 Å². The number of alkyl halides is 9. The fourth-order valence-electron chi connectivity index (χ4n) is 8.67. The number of hydrogen-bond donors (Lipinski definition) is 2. The molecule has 10 nitrogen and oxygen atoms in total. The average Bonchev–Trinajstić information content (AvgIpc) is 3.77. The predicted molar refractivity (Wildman–Crippen MR) is 216 cm³/mol. The van der Waals surface area contributed by atoms with E-state index >= 15 is 0 Å². The molecule has 4 aromatic rings. The zero-order valence-electron chi connectivity index (χ0n) is 34.8. The Balaban J connectivity index is 0.000000152. The van der Waals surface area contributed by atoms with Crippen molar-refractivity contribution in [2.24, 2.45) is 0 Å². The second kappa shape index (κ2) is 15.3. The van der Waals surface area contributed by atoms with Gasteiger partial charge in [0.2, 0.25) is 0 Å². The van der Waals surface area contributed by atoms with Crippen LogP contribution in [0.3, 0.4) is 0 Å². The standard InChI is InChI=1S/C16H16F4N4.C12H16BF3N2O2.C10H12FIN2.CH3F/c1-2-12-23-11(5-24(12)15-6-14(17,7-15)8-15)9-3-10(16(18,19)20)13(21)22-4-9;1-10(2)11(3,4)20-13(19-10)7-5-8(12(14,15)16)9(17)18-6-7;1-2-8-13-7(12)3-14(8)10-4-9(11,5-10)6-10;1-2/h3-5H,2,6-8H2,1H3,(H2,21,22);5-6H,1-4H3,(H2,17,18);3H,2,4-6H2,1H3;1H3/i;;;1D. The van der Waals surface area contributed by atoms with Crippen LogP contribution >= 0.6 is 22.6 Å². The van der Waals surface area contributed by atoms with Gasteiger partial charge >= 0.3 is 19.5 Å². The van der Waals surface area contributed by atoms with E-state index < -0.39 is 71.9 Å². The molecule has 4 bridgehead atoms. The average molecular weight is 970 g/mol. The number of imidazole rings is 2. The Hall–Kier alpha value is -3.60. The van der Waals surface area contributed by atoms with Crippen molar-refractivity contribution in [3.05, 3.63) is 63.4 Å². The molecule has 4 aromatic heterocycles. The highest BCUT2D eigenvalue weighted by molar-refractivity contribution is 14.1. The second-order valence-electron chi connectivity index (χ2n) is 17.2. The van der Waals surface area contributed by atoms with Crippen LogP contribution in [0.5, 0.6) is 0 Å². The molecule has 7 aliphatic rings. The Labute approximate surface area is 357 Å². The molecule has 6 aliphatic carbocycles. The van der Waals surface area contributed by atoms with Gasteiger partial charge in [-0.25, -0.2) is 28.7 Å². The minimum absolute atomic E-state index is 0.108. The van der Waals surface area contributed by atoms with E-state index in [9.17, 15) is 39.5 Å². The predicted octanol–water partition coefficient (Wildman–Crippen LogP) is 8.93. The van der Waals surface area contributed by atoms with Crippen molar-refractivity contribution in [1.29, 1.82) is 0 Å². The SMILES string of the molecule is CC1(C)OB(c2cnc(N)c(C(F)(F)F)c2)OC1(C)C.CCc1nc(-c2cnc(N)c(C(F)(F)F)c2)cn1C12CC(F)(C1)C2.CCc1nc(I)cn1C12CC(F)(C1)C2.[2H]CF. The summed E-state index contributed by atoms with van der Waals surface area (Å²) in [7, 11) is -1.89. The summed E-state index contributed by atoms with van der Waals surface area (Å²) in [5.74, 6) is 0.742. The van der Waals surface area contributed by atoms with Gasteiger partial charge in [-0.2, -0.15) is 26.3 Å². The number of aromatic nitrogens is 6. The summed E-state index contributed by atoms with van der Waals surface area (Å²) in [6.45, 7) is 11.3. The molecule has 5 heterocycles. The number of pyridine rings is 2. The molecule has 1 aliphatic heterocycles. The zero-order chi connectivity index (χ0) is 45.4. The van der Waals surface area contributed by atoms with Gasteiger partial charge in [-0.15, -0.1) is 0 Å². The van der Waals surface area contributed by atoms with Crippen LogP contribution in [0, 0.1) is 3.70 Å². The molecular formula is C39H47BF9IN8O2. The summed E-state index contributed by atoms with van der Waals surface area (Å²) >= 11 is 2.23. The molecule has 1 saturated heterocycles. The molecule has 0 radical (unpaired) electrons. The van der Waals surface area contributed by atoms with E-state index in [2.05, 4.69) is 60.2 Å². The van der Waals surface area contributed by atoms with Crippen molar-refractivity contribution in [3.8, 4) is 11.3 Å². The molecular weight excluding hydrogens is 921 g/mol. The van der Waals surface area contributed by atoms with E-state index in [1.807, 2.05) is 39.2 Å². The first-order chi connectivity index (χ1) is 28.1. The second-order valence-corrected chi connectivity index (χ2v) is 18.3. The molecule has 21 heteroatoms. The molecule has 60 heavy (non-hydrogen) atoms. The van der Waals surface area contributed by atoms with E-state index in [1.165, 1.54) is 12.4 Å². The first-order valence-corrected chi connectivity index (χ1v) is 20.2. The van der Waals surface area contributed by atoms with Gasteiger partial charge in [0.1, 0.15) is 38.3 Å². The Morgan fingerprint density at radius 1 is 0.750 bits per heavy atom. The van der Waals surface area contributed by atoms with E-state index in [1.54, 1.807) is 6.20 Å². The lowest BCUT2D eigenvalue weighted by molar-refractivity contribution is -0.199. The minimum atomic E-state index is -4.57. The van der Waals surface area contributed by atoms with Gasteiger partial charge < -0.3 is 29.9 Å². The third kappa shape index (κ3) is 8.22. The number of nitrogens with zero attached hydrogens (tertiary/aromatic N) is 6. The van der Waals surface area contributed by atoms with E-state index in [4.69, 9.17) is 22.1 Å². The van der Waals surface area contributed by atoms with Crippen LogP contribution < -0.4 is 16.9 Å². The number of nitrogens with two attached hydrogens (primary N) is 2. The highest BCUT2D eigenvalue weighted by atomic mass is 127. The molecule has 11 rings (SSSR count). The highest BCUT2D eigenvalue weighted by Gasteiger charge is 2.71. The van der Waals surface area contributed by atoms with Crippen LogP contribution in [0.1, 0.15) is 104 Å². The molecule has 0 unspecified atom stereocenters. The molecule has 7 fully saturated rings. The fraction of sp³-hybridized carbons (Fsp3) is 0.590. The van der Waals surface area contributed by atoms with E-state index in [0.717, 1.165) is 33.9 Å². The molecule has 4 N–H and O–H groups in total. The van der Waals surface area contributed by atoms with Gasteiger partial charge in [-0.05, 0) is 62.4 Å². The Kier molecular flexibility index (Phi) is 11.4. The van der Waals surface area contributed by atoms with Gasteiger partial charge in [0.05, 0.1) is 47.6 Å². The highest BCUT2D eigenvalue weighted by Crippen LogP contribution is 2.68. The zero-order valence-corrected chi connectivity index (χ0v) is 36.0. The van der Waals surface area contributed by atoms with Gasteiger partial charge in [-0.1, -0.05) is 13.8 Å². The molecule has 0 amide bonds. The summed E-state index contributed by atoms with van der Waals surface area (Å²) in [5.41, 5.74) is 6.24. The number of anilines is 2. The maximum atomic E-state index is 13.8. The molecule has 328 valence electrons. The van der Waals surface area contributed by atoms with Gasteiger partial charge in [0.15, 0.2) is 0 Å². The lowest BCUT2D eigenvalue weighted by Crippen LogP contribution is -2.70. The van der Waals surface area contributed by atoms with Crippen molar-refractivity contribution in [3.63, 3.8) is 0 Å². The third-order valence-electron chi connectivity index (χ3n) is 12.3. The van der Waals surface area contributed by atoms with Crippen LogP contribution in [0.15, 0.2) is 36.9 Å². The summed E-state index contributed by atoms with van der Waals surface area (Å²) in [5, 5.41) is 0. The smallest absolute Gasteiger partial charge is 0.399 e. The number of hydrogen-bond acceptors (Lipinski definition) is 8. The van der Waals surface area contributed by atoms with E-state index in [-0.39, 0.29) is 22.1 Å². The third-order valence-corrected chi connectivity index (χ3v) is 12.9. The summed E-state index contributed by atoms with van der Waals surface area (Å²) in [4.78, 5) is 16.1. The van der Waals surface area contributed by atoms with Gasteiger partial charge in [0, 0.05) is 87.2 Å². The van der Waals surface area contributed by atoms with Crippen molar-refractivity contribution >= 4 is 46.8 Å².